The Bertz CT molecular complexity index is 551. The smallest absolute Gasteiger partial charge is 0.341 e. The zero-order valence-electron chi connectivity index (χ0n) is 10.8. The summed E-state index contributed by atoms with van der Waals surface area (Å²) in [6, 6.07) is 12.6. The maximum absolute atomic E-state index is 11.3. The van der Waals surface area contributed by atoms with Gasteiger partial charge in [0.1, 0.15) is 11.5 Å². The van der Waals surface area contributed by atoms with E-state index in [0.29, 0.717) is 5.76 Å². The molecule has 5 nitrogen and oxygen atoms in total. The van der Waals surface area contributed by atoms with E-state index in [2.05, 4.69) is 0 Å². The number of benzene rings is 1. The van der Waals surface area contributed by atoms with E-state index >= 15 is 0 Å². The Morgan fingerprint density at radius 2 is 1.95 bits per heavy atom. The van der Waals surface area contributed by atoms with Crippen molar-refractivity contribution in [2.75, 3.05) is 7.05 Å². The van der Waals surface area contributed by atoms with Gasteiger partial charge in [-0.2, -0.15) is 0 Å². The molecule has 100 valence electrons. The van der Waals surface area contributed by atoms with Gasteiger partial charge in [-0.1, -0.05) is 30.3 Å². The zero-order valence-corrected chi connectivity index (χ0v) is 10.8. The summed E-state index contributed by atoms with van der Waals surface area (Å²) in [6.45, 7) is 1.82. The number of hydrogen-bond acceptors (Lipinski definition) is 3. The molecule has 0 aliphatic rings. The number of hydrogen-bond donors (Lipinski definition) is 2. The molecule has 19 heavy (non-hydrogen) atoms. The van der Waals surface area contributed by atoms with Gasteiger partial charge in [0.2, 0.25) is 0 Å². The highest BCUT2D eigenvalue weighted by atomic mass is 16.5. The Hall–Kier alpha value is -2.27. The second kappa shape index (κ2) is 5.58. The normalized spacial score (nSPS) is 11.9. The quantitative estimate of drug-likeness (QED) is 0.658. The van der Waals surface area contributed by atoms with Crippen LogP contribution in [0.1, 0.15) is 18.7 Å². The fourth-order valence-corrected chi connectivity index (χ4v) is 1.78. The van der Waals surface area contributed by atoms with Crippen LogP contribution in [0.5, 0.6) is 0 Å². The Labute approximate surface area is 111 Å². The first kappa shape index (κ1) is 13.2. The average molecular weight is 260 g/mol. The lowest BCUT2D eigenvalue weighted by Crippen LogP contribution is -2.36. The Kier molecular flexibility index (Phi) is 3.87. The molecular formula is C14H16N2O3. The molecule has 0 saturated heterocycles. The molecule has 1 unspecified atom stereocenters. The van der Waals surface area contributed by atoms with E-state index in [0.717, 1.165) is 11.3 Å². The van der Waals surface area contributed by atoms with Crippen LogP contribution in [-0.2, 0) is 0 Å². The highest BCUT2D eigenvalue weighted by Gasteiger charge is 2.20. The van der Waals surface area contributed by atoms with Crippen LogP contribution in [0.4, 0.5) is 4.79 Å². The molecule has 1 aromatic carbocycles. The second-order valence-electron chi connectivity index (χ2n) is 4.27. The van der Waals surface area contributed by atoms with Gasteiger partial charge in [-0.05, 0) is 19.1 Å². The largest absolute Gasteiger partial charge is 0.459 e. The van der Waals surface area contributed by atoms with Crippen LogP contribution in [0.3, 0.4) is 0 Å². The predicted molar refractivity (Wildman–Crippen MR) is 70.6 cm³/mol. The van der Waals surface area contributed by atoms with Gasteiger partial charge >= 0.3 is 6.03 Å². The third-order valence-electron chi connectivity index (χ3n) is 3.09. The minimum atomic E-state index is -0.579. The number of rotatable bonds is 3. The van der Waals surface area contributed by atoms with Crippen LogP contribution in [0.2, 0.25) is 0 Å². The van der Waals surface area contributed by atoms with Gasteiger partial charge in [-0.15, -0.1) is 0 Å². The third kappa shape index (κ3) is 2.77. The van der Waals surface area contributed by atoms with Crippen molar-refractivity contribution in [2.45, 2.75) is 13.0 Å². The van der Waals surface area contributed by atoms with Gasteiger partial charge < -0.3 is 9.32 Å². The molecule has 1 heterocycles. The van der Waals surface area contributed by atoms with Crippen molar-refractivity contribution in [1.82, 2.24) is 10.4 Å². The molecule has 1 aromatic heterocycles. The zero-order chi connectivity index (χ0) is 13.8. The Morgan fingerprint density at radius 1 is 1.26 bits per heavy atom. The number of carbonyl (C=O) groups is 1. The maximum Gasteiger partial charge on any atom is 0.341 e. The van der Waals surface area contributed by atoms with Gasteiger partial charge in [-0.25, -0.2) is 10.3 Å². The van der Waals surface area contributed by atoms with E-state index in [1.54, 1.807) is 12.5 Å². The van der Waals surface area contributed by atoms with Crippen LogP contribution in [0.15, 0.2) is 46.9 Å². The molecule has 0 saturated carbocycles. The van der Waals surface area contributed by atoms with Crippen LogP contribution < -0.4 is 5.48 Å². The summed E-state index contributed by atoms with van der Waals surface area (Å²) in [6.07, 6.45) is 0. The van der Waals surface area contributed by atoms with Gasteiger partial charge in [0.05, 0.1) is 6.04 Å². The third-order valence-corrected chi connectivity index (χ3v) is 3.09. The molecule has 0 fully saturated rings. The monoisotopic (exact) mass is 260 g/mol. The van der Waals surface area contributed by atoms with Crippen molar-refractivity contribution in [3.05, 3.63) is 48.2 Å². The van der Waals surface area contributed by atoms with Crippen LogP contribution in [0.25, 0.3) is 11.3 Å². The molecule has 2 N–H and O–H groups in total. The summed E-state index contributed by atoms with van der Waals surface area (Å²) in [7, 11) is 1.58. The van der Waals surface area contributed by atoms with Crippen molar-refractivity contribution >= 4 is 6.03 Å². The molecular weight excluding hydrogens is 244 g/mol. The van der Waals surface area contributed by atoms with Crippen molar-refractivity contribution in [3.8, 4) is 11.3 Å². The summed E-state index contributed by atoms with van der Waals surface area (Å²) in [5.74, 6) is 1.41. The number of amides is 2. The number of nitrogens with zero attached hydrogens (tertiary/aromatic N) is 1. The van der Waals surface area contributed by atoms with E-state index in [1.165, 1.54) is 4.90 Å². The molecule has 0 aliphatic carbocycles. The summed E-state index contributed by atoms with van der Waals surface area (Å²) >= 11 is 0. The minimum Gasteiger partial charge on any atom is -0.459 e. The molecule has 0 spiro atoms. The maximum atomic E-state index is 11.3. The fourth-order valence-electron chi connectivity index (χ4n) is 1.78. The number of furan rings is 1. The van der Waals surface area contributed by atoms with Gasteiger partial charge in [0.25, 0.3) is 0 Å². The van der Waals surface area contributed by atoms with Crippen molar-refractivity contribution < 1.29 is 14.4 Å². The molecule has 5 heteroatoms. The van der Waals surface area contributed by atoms with Crippen LogP contribution in [-0.4, -0.2) is 23.2 Å². The summed E-state index contributed by atoms with van der Waals surface area (Å²) < 4.78 is 5.74. The standard InChI is InChI=1S/C14H16N2O3/c1-10(16(2)14(17)15-18)12-8-9-13(19-12)11-6-4-3-5-7-11/h3-10,18H,1-2H3,(H,15,17). The number of hydroxylamine groups is 1. The first-order chi connectivity index (χ1) is 9.13. The van der Waals surface area contributed by atoms with Crippen molar-refractivity contribution in [2.24, 2.45) is 0 Å². The first-order valence-corrected chi connectivity index (χ1v) is 5.95. The predicted octanol–water partition coefficient (Wildman–Crippen LogP) is 3.04. The van der Waals surface area contributed by atoms with E-state index in [-0.39, 0.29) is 6.04 Å². The fraction of sp³-hybridized carbons (Fsp3) is 0.214. The molecule has 0 aliphatic heterocycles. The SMILES string of the molecule is CC(c1ccc(-c2ccccc2)o1)N(C)C(=O)NO. The van der Waals surface area contributed by atoms with Crippen molar-refractivity contribution in [3.63, 3.8) is 0 Å². The van der Waals surface area contributed by atoms with E-state index in [1.807, 2.05) is 49.4 Å². The summed E-state index contributed by atoms with van der Waals surface area (Å²) in [4.78, 5) is 12.7. The second-order valence-corrected chi connectivity index (χ2v) is 4.27. The van der Waals surface area contributed by atoms with Crippen molar-refractivity contribution in [1.29, 1.82) is 0 Å². The number of urea groups is 1. The average Bonchev–Trinajstić information content (AvgIpc) is 2.95. The lowest BCUT2D eigenvalue weighted by atomic mass is 10.2. The highest BCUT2D eigenvalue weighted by molar-refractivity contribution is 5.73. The topological polar surface area (TPSA) is 65.7 Å². The van der Waals surface area contributed by atoms with E-state index in [9.17, 15) is 4.79 Å². The lowest BCUT2D eigenvalue weighted by Gasteiger charge is -2.21. The minimum absolute atomic E-state index is 0.274. The summed E-state index contributed by atoms with van der Waals surface area (Å²) in [5.41, 5.74) is 2.58. The van der Waals surface area contributed by atoms with Gasteiger partial charge in [0, 0.05) is 12.6 Å². The molecule has 2 aromatic rings. The molecule has 0 radical (unpaired) electrons. The lowest BCUT2D eigenvalue weighted by molar-refractivity contribution is 0.123. The van der Waals surface area contributed by atoms with Crippen LogP contribution >= 0.6 is 0 Å². The van der Waals surface area contributed by atoms with E-state index < -0.39 is 6.03 Å². The number of carbonyl (C=O) groups excluding carboxylic acids is 1. The first-order valence-electron chi connectivity index (χ1n) is 5.95. The molecule has 1 atom stereocenters. The van der Waals surface area contributed by atoms with E-state index in [4.69, 9.17) is 9.62 Å². The summed E-state index contributed by atoms with van der Waals surface area (Å²) in [5, 5.41) is 8.61. The van der Waals surface area contributed by atoms with Gasteiger partial charge in [-0.3, -0.25) is 5.21 Å². The van der Waals surface area contributed by atoms with Gasteiger partial charge in [0.15, 0.2) is 0 Å². The Balaban J connectivity index is 2.20. The van der Waals surface area contributed by atoms with Crippen LogP contribution in [0, 0.1) is 0 Å². The molecule has 2 amide bonds. The molecule has 2 rings (SSSR count). The molecule has 0 bridgehead atoms. The highest BCUT2D eigenvalue weighted by Crippen LogP contribution is 2.27. The number of nitrogens with one attached hydrogen (secondary N) is 1. The Morgan fingerprint density at radius 3 is 2.58 bits per heavy atom.